The number of pyridine rings is 1. The normalized spacial score (nSPS) is 20.6. The first-order chi connectivity index (χ1) is 15.0. The van der Waals surface area contributed by atoms with Crippen molar-refractivity contribution in [3.05, 3.63) is 42.4 Å². The highest BCUT2D eigenvalue weighted by Crippen LogP contribution is 2.20. The molecule has 2 aromatic rings. The van der Waals surface area contributed by atoms with E-state index in [0.29, 0.717) is 44.3 Å². The number of amides is 2. The van der Waals surface area contributed by atoms with E-state index < -0.39 is 0 Å². The highest BCUT2D eigenvalue weighted by molar-refractivity contribution is 5.93. The van der Waals surface area contributed by atoms with E-state index in [1.807, 2.05) is 48.2 Å². The quantitative estimate of drug-likeness (QED) is 0.713. The predicted octanol–water partition coefficient (Wildman–Crippen LogP) is 1.12. The van der Waals surface area contributed by atoms with Gasteiger partial charge in [0.15, 0.2) is 0 Å². The van der Waals surface area contributed by atoms with E-state index in [2.05, 4.69) is 10.1 Å². The number of likely N-dealkylation sites (N-methyl/N-ethyl adjacent to an activating group) is 1. The van der Waals surface area contributed by atoms with E-state index in [9.17, 15) is 9.59 Å². The number of aryl methyl sites for hydroxylation is 1. The molecule has 0 N–H and O–H groups in total. The summed E-state index contributed by atoms with van der Waals surface area (Å²) in [6, 6.07) is 7.02. The van der Waals surface area contributed by atoms with Crippen LogP contribution in [0.3, 0.4) is 0 Å². The van der Waals surface area contributed by atoms with Gasteiger partial charge in [-0.2, -0.15) is 5.10 Å². The lowest BCUT2D eigenvalue weighted by Gasteiger charge is -2.41. The Balaban J connectivity index is 1.33. The van der Waals surface area contributed by atoms with Crippen LogP contribution in [0, 0.1) is 0 Å². The van der Waals surface area contributed by atoms with E-state index in [1.54, 1.807) is 21.8 Å². The van der Waals surface area contributed by atoms with Crippen LogP contribution in [0.4, 0.5) is 0 Å². The Labute approximate surface area is 182 Å². The molecule has 2 aromatic heterocycles. The summed E-state index contributed by atoms with van der Waals surface area (Å²) >= 11 is 0. The number of carbonyl (C=O) groups excluding carboxylic acids is 2. The summed E-state index contributed by atoms with van der Waals surface area (Å²) in [5, 5.41) is 4.32. The first-order valence-corrected chi connectivity index (χ1v) is 10.9. The third-order valence-corrected chi connectivity index (χ3v) is 6.08. The van der Waals surface area contributed by atoms with Crippen LogP contribution in [0.25, 0.3) is 0 Å². The van der Waals surface area contributed by atoms with Gasteiger partial charge in [-0.3, -0.25) is 19.2 Å². The molecule has 166 valence electrons. The van der Waals surface area contributed by atoms with E-state index in [1.165, 1.54) is 0 Å². The monoisotopic (exact) mass is 426 g/mol. The molecule has 9 heteroatoms. The molecular weight excluding hydrogens is 396 g/mol. The maximum atomic E-state index is 13.3. The summed E-state index contributed by atoms with van der Waals surface area (Å²) in [4.78, 5) is 36.1. The van der Waals surface area contributed by atoms with Gasteiger partial charge < -0.3 is 14.5 Å². The molecule has 2 aliphatic rings. The fourth-order valence-electron chi connectivity index (χ4n) is 4.13. The smallest absolute Gasteiger partial charge is 0.274 e. The van der Waals surface area contributed by atoms with Crippen LogP contribution >= 0.6 is 0 Å². The van der Waals surface area contributed by atoms with Crippen LogP contribution in [0.5, 0.6) is 5.88 Å². The van der Waals surface area contributed by atoms with Crippen molar-refractivity contribution in [1.29, 1.82) is 0 Å². The van der Waals surface area contributed by atoms with Crippen LogP contribution in [0.1, 0.15) is 30.3 Å². The second-order valence-electron chi connectivity index (χ2n) is 8.11. The molecule has 31 heavy (non-hydrogen) atoms. The van der Waals surface area contributed by atoms with Crippen molar-refractivity contribution in [1.82, 2.24) is 29.5 Å². The Bertz CT molecular complexity index is 894. The highest BCUT2D eigenvalue weighted by atomic mass is 16.5. The first kappa shape index (κ1) is 21.3. The van der Waals surface area contributed by atoms with Gasteiger partial charge in [0.2, 0.25) is 11.8 Å². The Morgan fingerprint density at radius 2 is 1.90 bits per heavy atom. The molecule has 4 heterocycles. The van der Waals surface area contributed by atoms with Gasteiger partial charge in [-0.15, -0.1) is 0 Å². The molecule has 1 atom stereocenters. The van der Waals surface area contributed by atoms with Gasteiger partial charge >= 0.3 is 0 Å². The van der Waals surface area contributed by atoms with Crippen molar-refractivity contribution in [3.8, 4) is 5.88 Å². The number of nitrogens with zero attached hydrogens (tertiary/aromatic N) is 6. The molecule has 2 amide bonds. The summed E-state index contributed by atoms with van der Waals surface area (Å²) < 4.78 is 7.68. The van der Waals surface area contributed by atoms with Crippen LogP contribution < -0.4 is 4.74 Å². The van der Waals surface area contributed by atoms with Gasteiger partial charge in [-0.1, -0.05) is 6.07 Å². The lowest BCUT2D eigenvalue weighted by Crippen LogP contribution is -2.60. The van der Waals surface area contributed by atoms with Crippen molar-refractivity contribution in [3.63, 3.8) is 0 Å². The van der Waals surface area contributed by atoms with Crippen LogP contribution in [-0.4, -0.2) is 93.2 Å². The lowest BCUT2D eigenvalue weighted by atomic mass is 10.0. The number of hydrogen-bond donors (Lipinski definition) is 0. The largest absolute Gasteiger partial charge is 0.474 e. The molecule has 2 fully saturated rings. The summed E-state index contributed by atoms with van der Waals surface area (Å²) in [6.45, 7) is 5.64. The number of aromatic nitrogens is 3. The van der Waals surface area contributed by atoms with E-state index in [4.69, 9.17) is 4.74 Å². The van der Waals surface area contributed by atoms with Gasteiger partial charge in [-0.05, 0) is 26.1 Å². The van der Waals surface area contributed by atoms with Crippen molar-refractivity contribution < 1.29 is 14.3 Å². The van der Waals surface area contributed by atoms with Gasteiger partial charge in [-0.25, -0.2) is 4.98 Å². The summed E-state index contributed by atoms with van der Waals surface area (Å²) in [5.74, 6) is 0.593. The first-order valence-electron chi connectivity index (χ1n) is 10.9. The Hall–Kier alpha value is -2.94. The number of likely N-dealkylation sites (tertiary alicyclic amines) is 1. The summed E-state index contributed by atoms with van der Waals surface area (Å²) in [5.41, 5.74) is 0.435. The molecule has 9 nitrogen and oxygen atoms in total. The third kappa shape index (κ3) is 4.87. The van der Waals surface area contributed by atoms with E-state index in [-0.39, 0.29) is 24.0 Å². The number of carbonyl (C=O) groups is 2. The molecule has 0 spiro atoms. The molecule has 0 aliphatic carbocycles. The van der Waals surface area contributed by atoms with Gasteiger partial charge in [0, 0.05) is 70.6 Å². The van der Waals surface area contributed by atoms with Crippen molar-refractivity contribution >= 4 is 11.8 Å². The van der Waals surface area contributed by atoms with Crippen molar-refractivity contribution in [2.75, 3.05) is 39.8 Å². The second-order valence-corrected chi connectivity index (χ2v) is 8.11. The molecule has 4 rings (SSSR count). The summed E-state index contributed by atoms with van der Waals surface area (Å²) in [7, 11) is 1.95. The minimum Gasteiger partial charge on any atom is -0.474 e. The minimum absolute atomic E-state index is 0.0646. The Kier molecular flexibility index (Phi) is 6.50. The van der Waals surface area contributed by atoms with Crippen LogP contribution in [0.15, 0.2) is 36.7 Å². The van der Waals surface area contributed by atoms with E-state index >= 15 is 0 Å². The third-order valence-electron chi connectivity index (χ3n) is 6.08. The molecule has 0 radical (unpaired) electrons. The predicted molar refractivity (Wildman–Crippen MR) is 115 cm³/mol. The molecule has 0 saturated carbocycles. The zero-order chi connectivity index (χ0) is 21.8. The standard InChI is InChI=1S/C22H30N6O3/c1-3-28-13-9-18(24-28)21(29)27-15-14-25(2)19(16-27)22(30)26-11-7-17(8-12-26)31-20-6-4-5-10-23-20/h4-6,9-10,13,17,19H,3,7-8,11-12,14-16H2,1-2H3/t19-/m0/s1. The highest BCUT2D eigenvalue weighted by Gasteiger charge is 2.36. The fraction of sp³-hybridized carbons (Fsp3) is 0.545. The number of hydrogen-bond acceptors (Lipinski definition) is 6. The molecule has 0 unspecified atom stereocenters. The lowest BCUT2D eigenvalue weighted by molar-refractivity contribution is -0.140. The topological polar surface area (TPSA) is 83.8 Å². The Morgan fingerprint density at radius 1 is 1.10 bits per heavy atom. The molecule has 2 aliphatic heterocycles. The van der Waals surface area contributed by atoms with Gasteiger partial charge in [0.25, 0.3) is 5.91 Å². The molecule has 2 saturated heterocycles. The number of piperazine rings is 1. The minimum atomic E-state index is -0.334. The average molecular weight is 427 g/mol. The number of piperidine rings is 1. The Morgan fingerprint density at radius 3 is 2.58 bits per heavy atom. The van der Waals surface area contributed by atoms with Gasteiger partial charge in [0.05, 0.1) is 0 Å². The second kappa shape index (κ2) is 9.47. The molecular formula is C22H30N6O3. The average Bonchev–Trinajstić information content (AvgIpc) is 3.29. The maximum absolute atomic E-state index is 13.3. The summed E-state index contributed by atoms with van der Waals surface area (Å²) in [6.07, 6.45) is 5.14. The zero-order valence-electron chi connectivity index (χ0n) is 18.2. The van der Waals surface area contributed by atoms with Gasteiger partial charge in [0.1, 0.15) is 17.8 Å². The SMILES string of the molecule is CCn1ccc(C(=O)N2CCN(C)[C@H](C(=O)N3CCC(Oc4ccccn4)CC3)C2)n1. The maximum Gasteiger partial charge on any atom is 0.274 e. The van der Waals surface area contributed by atoms with Crippen molar-refractivity contribution in [2.45, 2.75) is 38.5 Å². The van der Waals surface area contributed by atoms with Crippen LogP contribution in [0.2, 0.25) is 0 Å². The van der Waals surface area contributed by atoms with E-state index in [0.717, 1.165) is 19.4 Å². The number of rotatable bonds is 5. The van der Waals surface area contributed by atoms with Crippen molar-refractivity contribution in [2.24, 2.45) is 0 Å². The fourth-order valence-corrected chi connectivity index (χ4v) is 4.13. The zero-order valence-corrected chi connectivity index (χ0v) is 18.2. The molecule has 0 aromatic carbocycles. The number of ether oxygens (including phenoxy) is 1. The van der Waals surface area contributed by atoms with Crippen LogP contribution in [-0.2, 0) is 11.3 Å². The molecule has 0 bridgehead atoms.